The minimum absolute atomic E-state index is 0.0584. The van der Waals surface area contributed by atoms with Gasteiger partial charge in [0.05, 0.1) is 17.1 Å². The van der Waals surface area contributed by atoms with Gasteiger partial charge in [0.25, 0.3) is 11.8 Å². The van der Waals surface area contributed by atoms with Crippen LogP contribution in [0.3, 0.4) is 0 Å². The van der Waals surface area contributed by atoms with Crippen molar-refractivity contribution in [3.8, 4) is 22.7 Å². The van der Waals surface area contributed by atoms with Crippen LogP contribution >= 0.6 is 0 Å². The number of fused-ring (bicyclic) bond motifs is 1. The van der Waals surface area contributed by atoms with Gasteiger partial charge in [-0.25, -0.2) is 4.68 Å². The fourth-order valence-electron chi connectivity index (χ4n) is 3.58. The molecule has 2 heterocycles. The normalized spacial score (nSPS) is 12.4. The Morgan fingerprint density at radius 2 is 1.78 bits per heavy atom. The predicted molar refractivity (Wildman–Crippen MR) is 121 cm³/mol. The lowest BCUT2D eigenvalue weighted by Gasteiger charge is -2.18. The number of hydrogen-bond donors (Lipinski definition) is 2. The molecule has 0 fully saturated rings. The van der Waals surface area contributed by atoms with Crippen molar-refractivity contribution in [3.05, 3.63) is 96.2 Å². The Balaban J connectivity index is 1.39. The van der Waals surface area contributed by atoms with E-state index >= 15 is 0 Å². The zero-order valence-electron chi connectivity index (χ0n) is 17.1. The Morgan fingerprint density at radius 1 is 1.03 bits per heavy atom. The van der Waals surface area contributed by atoms with Crippen LogP contribution in [0.15, 0.2) is 85.1 Å². The third kappa shape index (κ3) is 3.96. The van der Waals surface area contributed by atoms with E-state index in [-0.39, 0.29) is 18.4 Å². The predicted octanol–water partition coefficient (Wildman–Crippen LogP) is 3.80. The van der Waals surface area contributed by atoms with Crippen LogP contribution in [-0.4, -0.2) is 28.2 Å². The minimum atomic E-state index is -0.236. The standard InChI is InChI=1S/C25H20N4O3/c30-23-16-32-22-13-18(11-12-21(22)27-23)25(31)26-14-19-15-29(20-9-5-2-6-10-20)28-24(19)17-7-3-1-4-8-17/h1-13,15H,14,16H2,(H,26,31)(H,27,30). The molecule has 0 aliphatic carbocycles. The Kier molecular flexibility index (Phi) is 5.13. The Bertz CT molecular complexity index is 1280. The van der Waals surface area contributed by atoms with Crippen molar-refractivity contribution < 1.29 is 14.3 Å². The summed E-state index contributed by atoms with van der Waals surface area (Å²) in [5, 5.41) is 10.5. The first-order valence-electron chi connectivity index (χ1n) is 10.2. The molecule has 5 rings (SSSR count). The zero-order valence-corrected chi connectivity index (χ0v) is 17.1. The number of amides is 2. The number of rotatable bonds is 5. The van der Waals surface area contributed by atoms with Gasteiger partial charge >= 0.3 is 0 Å². The van der Waals surface area contributed by atoms with Gasteiger partial charge in [0.15, 0.2) is 6.61 Å². The van der Waals surface area contributed by atoms with Gasteiger partial charge in [-0.3, -0.25) is 9.59 Å². The molecular formula is C25H20N4O3. The minimum Gasteiger partial charge on any atom is -0.482 e. The van der Waals surface area contributed by atoms with E-state index < -0.39 is 0 Å². The van der Waals surface area contributed by atoms with E-state index in [0.29, 0.717) is 23.5 Å². The molecule has 0 radical (unpaired) electrons. The van der Waals surface area contributed by atoms with Crippen LogP contribution in [-0.2, 0) is 11.3 Å². The summed E-state index contributed by atoms with van der Waals surface area (Å²) in [5.74, 6) is 0.0393. The molecule has 4 aromatic rings. The fourth-order valence-corrected chi connectivity index (χ4v) is 3.58. The van der Waals surface area contributed by atoms with Crippen LogP contribution in [0.4, 0.5) is 5.69 Å². The summed E-state index contributed by atoms with van der Waals surface area (Å²) in [5.41, 5.74) is 4.64. The molecule has 158 valence electrons. The number of nitrogens with zero attached hydrogens (tertiary/aromatic N) is 2. The SMILES string of the molecule is O=C1COc2cc(C(=O)NCc3cn(-c4ccccc4)nc3-c3ccccc3)ccc2N1. The third-order valence-electron chi connectivity index (χ3n) is 5.17. The van der Waals surface area contributed by atoms with Crippen LogP contribution in [0.1, 0.15) is 15.9 Å². The van der Waals surface area contributed by atoms with Gasteiger partial charge in [0, 0.05) is 29.4 Å². The quantitative estimate of drug-likeness (QED) is 0.510. The molecule has 0 unspecified atom stereocenters. The van der Waals surface area contributed by atoms with E-state index in [1.54, 1.807) is 18.2 Å². The number of anilines is 1. The van der Waals surface area contributed by atoms with E-state index in [1.165, 1.54) is 0 Å². The molecule has 0 spiro atoms. The van der Waals surface area contributed by atoms with Gasteiger partial charge in [-0.2, -0.15) is 5.10 Å². The first kappa shape index (κ1) is 19.6. The van der Waals surface area contributed by atoms with Crippen molar-refractivity contribution >= 4 is 17.5 Å². The number of aromatic nitrogens is 2. The summed E-state index contributed by atoms with van der Waals surface area (Å²) in [6.45, 7) is 0.252. The highest BCUT2D eigenvalue weighted by molar-refractivity contribution is 5.99. The summed E-state index contributed by atoms with van der Waals surface area (Å²) >= 11 is 0. The van der Waals surface area contributed by atoms with Gasteiger partial charge in [-0.1, -0.05) is 48.5 Å². The topological polar surface area (TPSA) is 85.2 Å². The Morgan fingerprint density at radius 3 is 2.56 bits per heavy atom. The molecule has 1 aliphatic heterocycles. The first-order chi connectivity index (χ1) is 15.7. The fraction of sp³-hybridized carbons (Fsp3) is 0.0800. The molecule has 3 aromatic carbocycles. The van der Waals surface area contributed by atoms with Crippen LogP contribution in [0.25, 0.3) is 16.9 Å². The van der Waals surface area contributed by atoms with Crippen molar-refractivity contribution in [3.63, 3.8) is 0 Å². The highest BCUT2D eigenvalue weighted by atomic mass is 16.5. The Labute approximate surface area is 184 Å². The zero-order chi connectivity index (χ0) is 21.9. The molecule has 0 saturated heterocycles. The average molecular weight is 424 g/mol. The second-order valence-electron chi connectivity index (χ2n) is 7.38. The smallest absolute Gasteiger partial charge is 0.262 e. The number of benzene rings is 3. The second-order valence-corrected chi connectivity index (χ2v) is 7.38. The van der Waals surface area contributed by atoms with Crippen LogP contribution in [0, 0.1) is 0 Å². The van der Waals surface area contributed by atoms with Gasteiger partial charge in [-0.15, -0.1) is 0 Å². The summed E-state index contributed by atoms with van der Waals surface area (Å²) in [7, 11) is 0. The largest absolute Gasteiger partial charge is 0.482 e. The third-order valence-corrected chi connectivity index (χ3v) is 5.17. The molecule has 0 atom stereocenters. The number of carbonyl (C=O) groups is 2. The highest BCUT2D eigenvalue weighted by Gasteiger charge is 2.19. The summed E-state index contributed by atoms with van der Waals surface area (Å²) in [6.07, 6.45) is 1.93. The maximum atomic E-state index is 12.8. The molecule has 1 aromatic heterocycles. The van der Waals surface area contributed by atoms with Crippen LogP contribution < -0.4 is 15.4 Å². The van der Waals surface area contributed by atoms with Crippen molar-refractivity contribution in [2.45, 2.75) is 6.54 Å². The summed E-state index contributed by atoms with van der Waals surface area (Å²) < 4.78 is 7.23. The summed E-state index contributed by atoms with van der Waals surface area (Å²) in [6, 6.07) is 24.7. The lowest BCUT2D eigenvalue weighted by atomic mass is 10.1. The van der Waals surface area contributed by atoms with E-state index in [9.17, 15) is 9.59 Å². The molecule has 2 amide bonds. The van der Waals surface area contributed by atoms with Crippen molar-refractivity contribution in [1.29, 1.82) is 0 Å². The number of nitrogens with one attached hydrogen (secondary N) is 2. The first-order valence-corrected chi connectivity index (χ1v) is 10.2. The number of carbonyl (C=O) groups excluding carboxylic acids is 2. The molecule has 0 bridgehead atoms. The molecule has 2 N–H and O–H groups in total. The summed E-state index contributed by atoms with van der Waals surface area (Å²) in [4.78, 5) is 24.2. The molecule has 7 heteroatoms. The Hall–Kier alpha value is -4.39. The lowest BCUT2D eigenvalue weighted by molar-refractivity contribution is -0.118. The second kappa shape index (κ2) is 8.39. The molecule has 32 heavy (non-hydrogen) atoms. The van der Waals surface area contributed by atoms with E-state index in [0.717, 1.165) is 22.5 Å². The highest BCUT2D eigenvalue weighted by Crippen LogP contribution is 2.29. The van der Waals surface area contributed by atoms with Crippen molar-refractivity contribution in [2.24, 2.45) is 0 Å². The maximum absolute atomic E-state index is 12.8. The number of hydrogen-bond acceptors (Lipinski definition) is 4. The lowest BCUT2D eigenvalue weighted by Crippen LogP contribution is -2.26. The van der Waals surface area contributed by atoms with E-state index in [2.05, 4.69) is 10.6 Å². The van der Waals surface area contributed by atoms with Gasteiger partial charge in [0.2, 0.25) is 0 Å². The maximum Gasteiger partial charge on any atom is 0.262 e. The number of ether oxygens (including phenoxy) is 1. The monoisotopic (exact) mass is 424 g/mol. The molecular weight excluding hydrogens is 404 g/mol. The van der Waals surface area contributed by atoms with Gasteiger partial charge in [-0.05, 0) is 30.3 Å². The van der Waals surface area contributed by atoms with Crippen LogP contribution in [0.5, 0.6) is 5.75 Å². The average Bonchev–Trinajstić information content (AvgIpc) is 3.27. The van der Waals surface area contributed by atoms with Crippen LogP contribution in [0.2, 0.25) is 0 Å². The van der Waals surface area contributed by atoms with Crippen molar-refractivity contribution in [2.75, 3.05) is 11.9 Å². The molecule has 0 saturated carbocycles. The number of para-hydroxylation sites is 1. The van der Waals surface area contributed by atoms with Crippen molar-refractivity contribution in [1.82, 2.24) is 15.1 Å². The van der Waals surface area contributed by atoms with E-state index in [1.807, 2.05) is 71.5 Å². The van der Waals surface area contributed by atoms with Gasteiger partial charge < -0.3 is 15.4 Å². The van der Waals surface area contributed by atoms with E-state index in [4.69, 9.17) is 9.84 Å². The molecule has 1 aliphatic rings. The van der Waals surface area contributed by atoms with Gasteiger partial charge in [0.1, 0.15) is 5.75 Å². The molecule has 7 nitrogen and oxygen atoms in total.